The summed E-state index contributed by atoms with van der Waals surface area (Å²) in [4.78, 5) is 31.5. The van der Waals surface area contributed by atoms with Crippen LogP contribution in [0.4, 0.5) is 16.3 Å². The van der Waals surface area contributed by atoms with Crippen LogP contribution in [0.15, 0.2) is 66.9 Å². The van der Waals surface area contributed by atoms with E-state index >= 15 is 0 Å². The Morgan fingerprint density at radius 3 is 2.49 bits per heavy atom. The minimum Gasteiger partial charge on any atom is -0.446 e. The van der Waals surface area contributed by atoms with Crippen molar-refractivity contribution in [1.82, 2.24) is 9.88 Å². The number of aryl methyl sites for hydroxylation is 1. The van der Waals surface area contributed by atoms with Gasteiger partial charge in [-0.15, -0.1) is 0 Å². The molecule has 37 heavy (non-hydrogen) atoms. The molecule has 194 valence electrons. The molecule has 0 spiro atoms. The number of carbonyl (C=O) groups is 2. The Labute approximate surface area is 217 Å². The highest BCUT2D eigenvalue weighted by atomic mass is 16.6. The van der Waals surface area contributed by atoms with Crippen LogP contribution in [0.3, 0.4) is 0 Å². The second-order valence-corrected chi connectivity index (χ2v) is 9.39. The number of pyridine rings is 1. The molecule has 8 nitrogen and oxygen atoms in total. The summed E-state index contributed by atoms with van der Waals surface area (Å²) in [6.07, 6.45) is 4.34. The summed E-state index contributed by atoms with van der Waals surface area (Å²) in [5.74, 6) is 0.342. The first-order valence-corrected chi connectivity index (χ1v) is 12.7. The fourth-order valence-electron chi connectivity index (χ4n) is 4.36. The van der Waals surface area contributed by atoms with Crippen LogP contribution in [-0.2, 0) is 22.6 Å². The average molecular weight is 503 g/mol. The molecule has 0 unspecified atom stereocenters. The molecule has 0 bridgehead atoms. The van der Waals surface area contributed by atoms with Gasteiger partial charge in [0, 0.05) is 31.3 Å². The summed E-state index contributed by atoms with van der Waals surface area (Å²) in [7, 11) is 2.07. The van der Waals surface area contributed by atoms with E-state index in [0.717, 1.165) is 42.6 Å². The zero-order valence-electron chi connectivity index (χ0n) is 21.2. The first-order valence-electron chi connectivity index (χ1n) is 12.7. The lowest BCUT2D eigenvalue weighted by molar-refractivity contribution is -0.116. The lowest BCUT2D eigenvalue weighted by atomic mass is 9.99. The Balaban J connectivity index is 1.37. The smallest absolute Gasteiger partial charge is 0.411 e. The highest BCUT2D eigenvalue weighted by molar-refractivity contribution is 5.92. The number of anilines is 2. The van der Waals surface area contributed by atoms with Gasteiger partial charge in [-0.1, -0.05) is 48.5 Å². The zero-order chi connectivity index (χ0) is 26.0. The number of amides is 2. The number of nitrogens with one attached hydrogen (secondary N) is 2. The summed E-state index contributed by atoms with van der Waals surface area (Å²) in [6.45, 7) is 1.75. The number of aliphatic hydroxyl groups is 1. The number of hydrogen-bond donors (Lipinski definition) is 3. The quantitative estimate of drug-likeness (QED) is 0.387. The van der Waals surface area contributed by atoms with Gasteiger partial charge in [-0.3, -0.25) is 10.1 Å². The van der Waals surface area contributed by atoms with Gasteiger partial charge in [-0.25, -0.2) is 9.78 Å². The molecule has 2 aromatic carbocycles. The van der Waals surface area contributed by atoms with E-state index in [-0.39, 0.29) is 18.6 Å². The van der Waals surface area contributed by atoms with Crippen molar-refractivity contribution in [2.75, 3.05) is 30.8 Å². The minimum atomic E-state index is -0.442. The second kappa shape index (κ2) is 13.0. The van der Waals surface area contributed by atoms with Gasteiger partial charge in [0.25, 0.3) is 0 Å². The third kappa shape index (κ3) is 7.87. The molecule has 1 aliphatic rings. The molecule has 2 heterocycles. The van der Waals surface area contributed by atoms with Crippen LogP contribution in [0, 0.1) is 0 Å². The van der Waals surface area contributed by atoms with Crippen LogP contribution < -0.4 is 10.6 Å². The van der Waals surface area contributed by atoms with E-state index in [0.29, 0.717) is 36.3 Å². The molecular weight excluding hydrogens is 468 g/mol. The van der Waals surface area contributed by atoms with Crippen LogP contribution in [0.25, 0.3) is 11.1 Å². The maximum absolute atomic E-state index is 12.8. The Morgan fingerprint density at radius 2 is 1.78 bits per heavy atom. The third-order valence-corrected chi connectivity index (χ3v) is 6.49. The summed E-state index contributed by atoms with van der Waals surface area (Å²) >= 11 is 0. The number of aliphatic hydroxyl groups excluding tert-OH is 1. The molecular formula is C29H34N4O4. The van der Waals surface area contributed by atoms with E-state index in [1.807, 2.05) is 48.5 Å². The fraction of sp³-hybridized carbons (Fsp3) is 0.345. The van der Waals surface area contributed by atoms with Crippen molar-refractivity contribution in [1.29, 1.82) is 0 Å². The lowest BCUT2D eigenvalue weighted by Gasteiger charge is -2.28. The lowest BCUT2D eigenvalue weighted by Crippen LogP contribution is -2.36. The molecule has 0 atom stereocenters. The third-order valence-electron chi connectivity index (χ3n) is 6.49. The van der Waals surface area contributed by atoms with Gasteiger partial charge in [0.15, 0.2) is 0 Å². The van der Waals surface area contributed by atoms with Gasteiger partial charge < -0.3 is 20.1 Å². The van der Waals surface area contributed by atoms with Crippen molar-refractivity contribution in [3.05, 3.63) is 78.0 Å². The molecule has 3 aromatic rings. The Morgan fingerprint density at radius 1 is 1.03 bits per heavy atom. The Hall–Kier alpha value is -3.75. The normalized spacial score (nSPS) is 14.2. The second-order valence-electron chi connectivity index (χ2n) is 9.39. The predicted octanol–water partition coefficient (Wildman–Crippen LogP) is 4.85. The monoisotopic (exact) mass is 502 g/mol. The number of benzene rings is 2. The van der Waals surface area contributed by atoms with Gasteiger partial charge in [-0.05, 0) is 61.6 Å². The number of piperidine rings is 1. The van der Waals surface area contributed by atoms with Crippen molar-refractivity contribution in [2.45, 2.75) is 44.8 Å². The fourth-order valence-corrected chi connectivity index (χ4v) is 4.36. The van der Waals surface area contributed by atoms with Crippen LogP contribution in [-0.4, -0.2) is 53.2 Å². The van der Waals surface area contributed by atoms with E-state index in [2.05, 4.69) is 27.6 Å². The SMILES string of the molecule is CN1CCC(OC(=O)Nc2cc(CCCC(=O)Nc3ccc(CO)cn3)ccc2-c2ccccc2)CC1. The molecule has 3 N–H and O–H groups in total. The van der Waals surface area contributed by atoms with Gasteiger partial charge in [0.1, 0.15) is 11.9 Å². The summed E-state index contributed by atoms with van der Waals surface area (Å²) < 4.78 is 5.71. The topological polar surface area (TPSA) is 104 Å². The highest BCUT2D eigenvalue weighted by Gasteiger charge is 2.21. The number of carbonyl (C=O) groups excluding carboxylic acids is 2. The van der Waals surface area contributed by atoms with E-state index in [1.165, 1.54) is 6.20 Å². The molecule has 1 fully saturated rings. The zero-order valence-corrected chi connectivity index (χ0v) is 21.2. The molecule has 1 aliphatic heterocycles. The molecule has 1 aromatic heterocycles. The van der Waals surface area contributed by atoms with Gasteiger partial charge in [-0.2, -0.15) is 0 Å². The number of aromatic nitrogens is 1. The first-order chi connectivity index (χ1) is 18.0. The van der Waals surface area contributed by atoms with E-state index in [1.54, 1.807) is 12.1 Å². The van der Waals surface area contributed by atoms with Gasteiger partial charge >= 0.3 is 6.09 Å². The van der Waals surface area contributed by atoms with Crippen molar-refractivity contribution >= 4 is 23.5 Å². The maximum atomic E-state index is 12.8. The number of nitrogens with zero attached hydrogens (tertiary/aromatic N) is 2. The van der Waals surface area contributed by atoms with E-state index < -0.39 is 6.09 Å². The number of rotatable bonds is 9. The summed E-state index contributed by atoms with van der Waals surface area (Å²) in [5, 5.41) is 14.9. The molecule has 0 aliphatic carbocycles. The maximum Gasteiger partial charge on any atom is 0.411 e. The molecule has 0 radical (unpaired) electrons. The molecule has 4 rings (SSSR count). The average Bonchev–Trinajstić information content (AvgIpc) is 2.91. The van der Waals surface area contributed by atoms with Gasteiger partial charge in [0.2, 0.25) is 5.91 Å². The van der Waals surface area contributed by atoms with E-state index in [4.69, 9.17) is 9.84 Å². The standard InChI is InChI=1S/C29H34N4O4/c1-33-16-14-24(15-17-33)37-29(36)31-26-18-21(10-12-25(26)23-7-3-2-4-8-23)6-5-9-28(35)32-27-13-11-22(20-34)19-30-27/h2-4,7-8,10-13,18-19,24,34H,5-6,9,14-17,20H2,1H3,(H,31,36)(H,30,32,35). The van der Waals surface area contributed by atoms with Crippen LogP contribution >= 0.6 is 0 Å². The predicted molar refractivity (Wildman–Crippen MR) is 144 cm³/mol. The molecule has 0 saturated carbocycles. The number of ether oxygens (including phenoxy) is 1. The highest BCUT2D eigenvalue weighted by Crippen LogP contribution is 2.30. The van der Waals surface area contributed by atoms with Crippen LogP contribution in [0.1, 0.15) is 36.8 Å². The van der Waals surface area contributed by atoms with Crippen molar-refractivity contribution < 1.29 is 19.4 Å². The Kier molecular flexibility index (Phi) is 9.24. The van der Waals surface area contributed by atoms with Crippen LogP contribution in [0.5, 0.6) is 0 Å². The Bertz CT molecular complexity index is 1180. The summed E-state index contributed by atoms with van der Waals surface area (Å²) in [5.41, 5.74) is 4.32. The largest absolute Gasteiger partial charge is 0.446 e. The van der Waals surface area contributed by atoms with Gasteiger partial charge in [0.05, 0.1) is 12.3 Å². The first kappa shape index (κ1) is 26.3. The molecule has 2 amide bonds. The van der Waals surface area contributed by atoms with Crippen molar-refractivity contribution in [3.63, 3.8) is 0 Å². The minimum absolute atomic E-state index is 0.0765. The molecule has 8 heteroatoms. The van der Waals surface area contributed by atoms with Crippen molar-refractivity contribution in [3.8, 4) is 11.1 Å². The van der Waals surface area contributed by atoms with Crippen molar-refractivity contribution in [2.24, 2.45) is 0 Å². The number of likely N-dealkylation sites (tertiary alicyclic amines) is 1. The molecule has 1 saturated heterocycles. The number of hydrogen-bond acceptors (Lipinski definition) is 6. The van der Waals surface area contributed by atoms with Crippen LogP contribution in [0.2, 0.25) is 0 Å². The van der Waals surface area contributed by atoms with E-state index in [9.17, 15) is 9.59 Å². The summed E-state index contributed by atoms with van der Waals surface area (Å²) in [6, 6.07) is 19.3.